The van der Waals surface area contributed by atoms with Crippen LogP contribution >= 0.6 is 0 Å². The molecular weight excluding hydrogens is 256 g/mol. The molecule has 0 radical (unpaired) electrons. The summed E-state index contributed by atoms with van der Waals surface area (Å²) in [6.07, 6.45) is 1.46. The Morgan fingerprint density at radius 2 is 1.70 bits per heavy atom. The Morgan fingerprint density at radius 1 is 1.00 bits per heavy atom. The quantitative estimate of drug-likeness (QED) is 0.539. The SMILES string of the molecule is O=[N+]([O-])c1ccc(-n2ncnc2-c2ccccc2)cc1. The van der Waals surface area contributed by atoms with Crippen LogP contribution in [0.15, 0.2) is 60.9 Å². The average molecular weight is 266 g/mol. The second-order valence-electron chi connectivity index (χ2n) is 4.13. The Kier molecular flexibility index (Phi) is 2.96. The van der Waals surface area contributed by atoms with Crippen molar-refractivity contribution in [1.29, 1.82) is 0 Å². The van der Waals surface area contributed by atoms with Gasteiger partial charge in [0.2, 0.25) is 0 Å². The summed E-state index contributed by atoms with van der Waals surface area (Å²) in [5.74, 6) is 0.694. The lowest BCUT2D eigenvalue weighted by atomic mass is 10.2. The van der Waals surface area contributed by atoms with Crippen molar-refractivity contribution in [2.45, 2.75) is 0 Å². The molecule has 3 rings (SSSR count). The van der Waals surface area contributed by atoms with E-state index in [1.807, 2.05) is 30.3 Å². The van der Waals surface area contributed by atoms with E-state index in [-0.39, 0.29) is 5.69 Å². The van der Waals surface area contributed by atoms with Crippen molar-refractivity contribution in [2.75, 3.05) is 0 Å². The smallest absolute Gasteiger partial charge is 0.258 e. The summed E-state index contributed by atoms with van der Waals surface area (Å²) in [5.41, 5.74) is 1.71. The molecule has 0 aliphatic heterocycles. The predicted molar refractivity (Wildman–Crippen MR) is 73.4 cm³/mol. The van der Waals surface area contributed by atoms with Crippen LogP contribution in [0.1, 0.15) is 0 Å². The molecule has 0 aliphatic rings. The third kappa shape index (κ3) is 2.14. The highest BCUT2D eigenvalue weighted by Crippen LogP contribution is 2.21. The Balaban J connectivity index is 2.04. The van der Waals surface area contributed by atoms with Crippen LogP contribution in [-0.4, -0.2) is 19.7 Å². The first-order chi connectivity index (χ1) is 9.75. The van der Waals surface area contributed by atoms with Crippen molar-refractivity contribution < 1.29 is 4.92 Å². The third-order valence-corrected chi connectivity index (χ3v) is 2.88. The number of hydrogen-bond donors (Lipinski definition) is 0. The number of non-ortho nitro benzene ring substituents is 1. The van der Waals surface area contributed by atoms with E-state index in [0.29, 0.717) is 5.82 Å². The van der Waals surface area contributed by atoms with Gasteiger partial charge >= 0.3 is 0 Å². The van der Waals surface area contributed by atoms with E-state index in [2.05, 4.69) is 10.1 Å². The zero-order valence-corrected chi connectivity index (χ0v) is 10.4. The molecule has 98 valence electrons. The van der Waals surface area contributed by atoms with Crippen molar-refractivity contribution in [3.05, 3.63) is 71.0 Å². The van der Waals surface area contributed by atoms with Crippen LogP contribution in [0.4, 0.5) is 5.69 Å². The topological polar surface area (TPSA) is 73.8 Å². The van der Waals surface area contributed by atoms with Crippen LogP contribution in [0.3, 0.4) is 0 Å². The van der Waals surface area contributed by atoms with Crippen molar-refractivity contribution >= 4 is 5.69 Å². The number of benzene rings is 2. The summed E-state index contributed by atoms with van der Waals surface area (Å²) in [6, 6.07) is 15.8. The maximum absolute atomic E-state index is 10.7. The van der Waals surface area contributed by atoms with Crippen molar-refractivity contribution in [1.82, 2.24) is 14.8 Å². The molecule has 0 N–H and O–H groups in total. The molecule has 0 aliphatic carbocycles. The second kappa shape index (κ2) is 4.93. The normalized spacial score (nSPS) is 10.4. The van der Waals surface area contributed by atoms with Crippen molar-refractivity contribution in [2.24, 2.45) is 0 Å². The number of rotatable bonds is 3. The maximum atomic E-state index is 10.7. The van der Waals surface area contributed by atoms with Crippen LogP contribution in [0.25, 0.3) is 17.1 Å². The van der Waals surface area contributed by atoms with Gasteiger partial charge in [0.1, 0.15) is 6.33 Å². The molecule has 0 saturated heterocycles. The zero-order valence-electron chi connectivity index (χ0n) is 10.4. The number of hydrogen-bond acceptors (Lipinski definition) is 4. The first-order valence-electron chi connectivity index (χ1n) is 5.96. The molecule has 6 nitrogen and oxygen atoms in total. The number of nitro groups is 1. The van der Waals surface area contributed by atoms with Crippen LogP contribution < -0.4 is 0 Å². The molecule has 20 heavy (non-hydrogen) atoms. The molecular formula is C14H10N4O2. The minimum Gasteiger partial charge on any atom is -0.258 e. The van der Waals surface area contributed by atoms with Crippen LogP contribution in [0, 0.1) is 10.1 Å². The molecule has 0 unspecified atom stereocenters. The first-order valence-corrected chi connectivity index (χ1v) is 5.96. The largest absolute Gasteiger partial charge is 0.269 e. The molecule has 3 aromatic rings. The van der Waals surface area contributed by atoms with Crippen molar-refractivity contribution in [3.63, 3.8) is 0 Å². The van der Waals surface area contributed by atoms with E-state index in [4.69, 9.17) is 0 Å². The van der Waals surface area contributed by atoms with Gasteiger partial charge in [0.25, 0.3) is 5.69 Å². The highest BCUT2D eigenvalue weighted by molar-refractivity contribution is 5.57. The Bertz CT molecular complexity index is 735. The Hall–Kier alpha value is -3.02. The van der Waals surface area contributed by atoms with Gasteiger partial charge in [-0.25, -0.2) is 9.67 Å². The molecule has 0 fully saturated rings. The van der Waals surface area contributed by atoms with E-state index < -0.39 is 4.92 Å². The molecule has 0 atom stereocenters. The van der Waals surface area contributed by atoms with Crippen LogP contribution in [-0.2, 0) is 0 Å². The van der Waals surface area contributed by atoms with E-state index in [1.165, 1.54) is 18.5 Å². The lowest BCUT2D eigenvalue weighted by Gasteiger charge is -2.05. The van der Waals surface area contributed by atoms with E-state index >= 15 is 0 Å². The third-order valence-electron chi connectivity index (χ3n) is 2.88. The lowest BCUT2D eigenvalue weighted by molar-refractivity contribution is -0.384. The van der Waals surface area contributed by atoms with Gasteiger partial charge in [-0.1, -0.05) is 30.3 Å². The monoisotopic (exact) mass is 266 g/mol. The fourth-order valence-corrected chi connectivity index (χ4v) is 1.93. The summed E-state index contributed by atoms with van der Waals surface area (Å²) in [7, 11) is 0. The molecule has 1 aromatic heterocycles. The standard InChI is InChI=1S/C14H10N4O2/c19-18(20)13-8-6-12(7-9-13)17-14(15-10-16-17)11-4-2-1-3-5-11/h1-10H. The predicted octanol–water partition coefficient (Wildman–Crippen LogP) is 2.84. The van der Waals surface area contributed by atoms with Crippen LogP contribution in [0.5, 0.6) is 0 Å². The molecule has 1 heterocycles. The van der Waals surface area contributed by atoms with E-state index in [0.717, 1.165) is 11.3 Å². The summed E-state index contributed by atoms with van der Waals surface area (Å²) < 4.78 is 1.65. The molecule has 0 saturated carbocycles. The summed E-state index contributed by atoms with van der Waals surface area (Å²) >= 11 is 0. The minimum absolute atomic E-state index is 0.0510. The summed E-state index contributed by atoms with van der Waals surface area (Å²) in [6.45, 7) is 0. The van der Waals surface area contributed by atoms with Crippen LogP contribution in [0.2, 0.25) is 0 Å². The molecule has 0 amide bonds. The molecule has 2 aromatic carbocycles. The number of aromatic nitrogens is 3. The van der Waals surface area contributed by atoms with Gasteiger partial charge in [0.15, 0.2) is 5.82 Å². The Labute approximate surface area is 114 Å². The van der Waals surface area contributed by atoms with Crippen molar-refractivity contribution in [3.8, 4) is 17.1 Å². The highest BCUT2D eigenvalue weighted by Gasteiger charge is 2.10. The van der Waals surface area contributed by atoms with Gasteiger partial charge in [0, 0.05) is 17.7 Å². The van der Waals surface area contributed by atoms with Gasteiger partial charge in [0.05, 0.1) is 10.6 Å². The molecule has 0 spiro atoms. The fraction of sp³-hybridized carbons (Fsp3) is 0. The van der Waals surface area contributed by atoms with Gasteiger partial charge < -0.3 is 0 Å². The number of nitro benzene ring substituents is 1. The van der Waals surface area contributed by atoms with Gasteiger partial charge in [-0.05, 0) is 12.1 Å². The minimum atomic E-state index is -0.427. The van der Waals surface area contributed by atoms with Gasteiger partial charge in [-0.2, -0.15) is 5.10 Å². The fourth-order valence-electron chi connectivity index (χ4n) is 1.93. The number of nitrogens with zero attached hydrogens (tertiary/aromatic N) is 4. The first kappa shape index (κ1) is 12.0. The summed E-state index contributed by atoms with van der Waals surface area (Å²) in [5, 5.41) is 14.8. The average Bonchev–Trinajstić information content (AvgIpc) is 2.97. The zero-order chi connectivity index (χ0) is 13.9. The van der Waals surface area contributed by atoms with E-state index in [1.54, 1.807) is 16.8 Å². The van der Waals surface area contributed by atoms with Gasteiger partial charge in [-0.15, -0.1) is 0 Å². The highest BCUT2D eigenvalue weighted by atomic mass is 16.6. The molecule has 6 heteroatoms. The Morgan fingerprint density at radius 3 is 2.35 bits per heavy atom. The van der Waals surface area contributed by atoms with E-state index in [9.17, 15) is 10.1 Å². The molecule has 0 bridgehead atoms. The van der Waals surface area contributed by atoms with Gasteiger partial charge in [-0.3, -0.25) is 10.1 Å². The maximum Gasteiger partial charge on any atom is 0.269 e. The second-order valence-corrected chi connectivity index (χ2v) is 4.13. The lowest BCUT2D eigenvalue weighted by Crippen LogP contribution is -1.99. The summed E-state index contributed by atoms with van der Waals surface area (Å²) in [4.78, 5) is 14.5.